The summed E-state index contributed by atoms with van der Waals surface area (Å²) in [6.45, 7) is 4.38. The molecule has 0 fully saturated rings. The number of nitrogens with one attached hydrogen (secondary N) is 1. The van der Waals surface area contributed by atoms with Gasteiger partial charge in [0.15, 0.2) is 0 Å². The molecule has 136 valence electrons. The Hall–Kier alpha value is -2.89. The van der Waals surface area contributed by atoms with Crippen molar-refractivity contribution in [1.82, 2.24) is 10.3 Å². The van der Waals surface area contributed by atoms with Gasteiger partial charge in [0.1, 0.15) is 0 Å². The van der Waals surface area contributed by atoms with Crippen LogP contribution in [0, 0.1) is 5.41 Å². The summed E-state index contributed by atoms with van der Waals surface area (Å²) in [6, 6.07) is 9.34. The number of carboxylic acid groups (broad SMARTS) is 1. The first-order valence-electron chi connectivity index (χ1n) is 8.57. The molecule has 0 radical (unpaired) electrons. The maximum absolute atomic E-state index is 12.4. The van der Waals surface area contributed by atoms with Gasteiger partial charge in [-0.1, -0.05) is 24.3 Å². The van der Waals surface area contributed by atoms with E-state index in [1.54, 1.807) is 26.1 Å². The highest BCUT2D eigenvalue weighted by Crippen LogP contribution is 2.25. The van der Waals surface area contributed by atoms with Gasteiger partial charge >= 0.3 is 5.97 Å². The highest BCUT2D eigenvalue weighted by atomic mass is 16.5. The van der Waals surface area contributed by atoms with E-state index in [2.05, 4.69) is 10.3 Å². The van der Waals surface area contributed by atoms with E-state index in [0.29, 0.717) is 37.4 Å². The number of carbonyl (C=O) groups excluding carboxylic acids is 1. The molecule has 2 aromatic rings. The molecule has 0 spiro atoms. The second-order valence-corrected chi connectivity index (χ2v) is 7.11. The quantitative estimate of drug-likeness (QED) is 0.832. The fraction of sp³-hybridized carbons (Fsp3) is 0.350. The minimum Gasteiger partial charge on any atom is -0.481 e. The van der Waals surface area contributed by atoms with E-state index in [-0.39, 0.29) is 5.91 Å². The second kappa shape index (κ2) is 7.15. The number of aliphatic carboxylic acids is 1. The molecule has 6 nitrogen and oxygen atoms in total. The van der Waals surface area contributed by atoms with Crippen molar-refractivity contribution in [2.75, 3.05) is 6.61 Å². The second-order valence-electron chi connectivity index (χ2n) is 7.11. The van der Waals surface area contributed by atoms with Crippen LogP contribution in [0.2, 0.25) is 0 Å². The summed E-state index contributed by atoms with van der Waals surface area (Å²) in [4.78, 5) is 27.8. The lowest BCUT2D eigenvalue weighted by Gasteiger charge is -2.19. The van der Waals surface area contributed by atoms with Gasteiger partial charge in [-0.05, 0) is 37.5 Å². The van der Waals surface area contributed by atoms with E-state index in [4.69, 9.17) is 4.74 Å². The number of carboxylic acids is 1. The molecule has 1 amide bonds. The van der Waals surface area contributed by atoms with Crippen molar-refractivity contribution in [1.29, 1.82) is 0 Å². The van der Waals surface area contributed by atoms with E-state index < -0.39 is 11.4 Å². The van der Waals surface area contributed by atoms with Crippen LogP contribution in [0.5, 0.6) is 5.88 Å². The number of pyridine rings is 1. The van der Waals surface area contributed by atoms with Gasteiger partial charge in [-0.15, -0.1) is 0 Å². The molecule has 0 aliphatic carbocycles. The number of benzene rings is 1. The normalized spacial score (nSPS) is 13.0. The first-order valence-corrected chi connectivity index (χ1v) is 8.57. The fourth-order valence-corrected chi connectivity index (χ4v) is 2.94. The van der Waals surface area contributed by atoms with Crippen molar-refractivity contribution < 1.29 is 19.4 Å². The molecule has 0 saturated heterocycles. The summed E-state index contributed by atoms with van der Waals surface area (Å²) in [5, 5.41) is 12.1. The molecular formula is C20H22N2O4. The number of hydrogen-bond donors (Lipinski definition) is 2. The monoisotopic (exact) mass is 354 g/mol. The molecule has 0 atom stereocenters. The van der Waals surface area contributed by atoms with Crippen molar-refractivity contribution in [3.63, 3.8) is 0 Å². The van der Waals surface area contributed by atoms with Gasteiger partial charge in [-0.2, -0.15) is 0 Å². The van der Waals surface area contributed by atoms with E-state index in [1.807, 2.05) is 24.3 Å². The maximum atomic E-state index is 12.4. The zero-order chi connectivity index (χ0) is 18.7. The molecule has 0 saturated carbocycles. The summed E-state index contributed by atoms with van der Waals surface area (Å²) in [5.41, 5.74) is 2.57. The number of rotatable bonds is 6. The molecule has 2 N–H and O–H groups in total. The average Bonchev–Trinajstić information content (AvgIpc) is 3.09. The topological polar surface area (TPSA) is 88.5 Å². The Morgan fingerprint density at radius 1 is 1.19 bits per heavy atom. The van der Waals surface area contributed by atoms with Crippen molar-refractivity contribution in [3.05, 3.63) is 58.8 Å². The lowest BCUT2D eigenvalue weighted by molar-refractivity contribution is -0.146. The van der Waals surface area contributed by atoms with Crippen LogP contribution < -0.4 is 10.1 Å². The molecule has 1 aromatic carbocycles. The van der Waals surface area contributed by atoms with Crippen LogP contribution in [0.4, 0.5) is 0 Å². The Balaban J connectivity index is 1.61. The zero-order valence-corrected chi connectivity index (χ0v) is 14.9. The van der Waals surface area contributed by atoms with Crippen LogP contribution >= 0.6 is 0 Å². The number of hydrogen-bond acceptors (Lipinski definition) is 4. The lowest BCUT2D eigenvalue weighted by Crippen LogP contribution is -2.26. The van der Waals surface area contributed by atoms with Crippen molar-refractivity contribution in [3.8, 4) is 5.88 Å². The number of nitrogens with zero attached hydrogens (tertiary/aromatic N) is 1. The summed E-state index contributed by atoms with van der Waals surface area (Å²) in [7, 11) is 0. The van der Waals surface area contributed by atoms with Crippen LogP contribution in [0.1, 0.15) is 40.9 Å². The molecule has 26 heavy (non-hydrogen) atoms. The van der Waals surface area contributed by atoms with E-state index in [9.17, 15) is 14.7 Å². The predicted molar refractivity (Wildman–Crippen MR) is 96.2 cm³/mol. The predicted octanol–water partition coefficient (Wildman–Crippen LogP) is 2.60. The largest absolute Gasteiger partial charge is 0.481 e. The van der Waals surface area contributed by atoms with Gasteiger partial charge in [-0.25, -0.2) is 4.98 Å². The number of aromatic nitrogens is 1. The summed E-state index contributed by atoms with van der Waals surface area (Å²) >= 11 is 0. The van der Waals surface area contributed by atoms with Crippen LogP contribution in [0.15, 0.2) is 36.5 Å². The Kier molecular flexibility index (Phi) is 4.93. The number of amides is 1. The third-order valence-electron chi connectivity index (χ3n) is 4.55. The zero-order valence-electron chi connectivity index (χ0n) is 14.9. The molecule has 0 unspecified atom stereocenters. The van der Waals surface area contributed by atoms with Crippen molar-refractivity contribution in [2.45, 2.75) is 33.2 Å². The summed E-state index contributed by atoms with van der Waals surface area (Å²) < 4.78 is 5.39. The first-order chi connectivity index (χ1) is 12.4. The standard InChI is InChI=1S/C20H22N2O4/c1-20(2,19(24)25)11-13-3-5-14(6-4-13)12-22-17(23)15-7-9-21-18-16(15)8-10-26-18/h3-7,9H,8,10-12H2,1-2H3,(H,22,23)(H,24,25). The SMILES string of the molecule is CC(C)(Cc1ccc(CNC(=O)c2ccnc3c2CCO3)cc1)C(=O)O. The van der Waals surface area contributed by atoms with E-state index in [1.165, 1.54) is 0 Å². The van der Waals surface area contributed by atoms with Gasteiger partial charge < -0.3 is 15.2 Å². The van der Waals surface area contributed by atoms with Gasteiger partial charge in [-0.3, -0.25) is 9.59 Å². The Labute approximate surface area is 152 Å². The number of fused-ring (bicyclic) bond motifs is 1. The highest BCUT2D eigenvalue weighted by Gasteiger charge is 2.27. The molecule has 1 aliphatic heterocycles. The third-order valence-corrected chi connectivity index (χ3v) is 4.55. The van der Waals surface area contributed by atoms with Crippen LogP contribution in [-0.4, -0.2) is 28.6 Å². The van der Waals surface area contributed by atoms with Crippen LogP contribution in [-0.2, 0) is 24.2 Å². The van der Waals surface area contributed by atoms with Gasteiger partial charge in [0.25, 0.3) is 5.91 Å². The molecule has 6 heteroatoms. The molecule has 2 heterocycles. The fourth-order valence-electron chi connectivity index (χ4n) is 2.94. The molecule has 1 aromatic heterocycles. The molecule has 3 rings (SSSR count). The van der Waals surface area contributed by atoms with Crippen LogP contribution in [0.3, 0.4) is 0 Å². The summed E-state index contributed by atoms with van der Waals surface area (Å²) in [6.07, 6.45) is 2.73. The molecule has 1 aliphatic rings. The van der Waals surface area contributed by atoms with Gasteiger partial charge in [0.05, 0.1) is 12.0 Å². The number of ether oxygens (including phenoxy) is 1. The lowest BCUT2D eigenvalue weighted by atomic mass is 9.86. The Morgan fingerprint density at radius 2 is 1.88 bits per heavy atom. The average molecular weight is 354 g/mol. The minimum atomic E-state index is -0.817. The minimum absolute atomic E-state index is 0.148. The maximum Gasteiger partial charge on any atom is 0.309 e. The van der Waals surface area contributed by atoms with E-state index >= 15 is 0 Å². The Morgan fingerprint density at radius 3 is 2.58 bits per heavy atom. The third kappa shape index (κ3) is 3.85. The highest BCUT2D eigenvalue weighted by molar-refractivity contribution is 5.96. The number of carbonyl (C=O) groups is 2. The van der Waals surface area contributed by atoms with Gasteiger partial charge in [0.2, 0.25) is 5.88 Å². The van der Waals surface area contributed by atoms with Crippen molar-refractivity contribution in [2.24, 2.45) is 5.41 Å². The first kappa shape index (κ1) is 17.9. The smallest absolute Gasteiger partial charge is 0.309 e. The van der Waals surface area contributed by atoms with Crippen molar-refractivity contribution >= 4 is 11.9 Å². The van der Waals surface area contributed by atoms with Crippen LogP contribution in [0.25, 0.3) is 0 Å². The van der Waals surface area contributed by atoms with Gasteiger partial charge in [0, 0.05) is 30.3 Å². The van der Waals surface area contributed by atoms with E-state index in [0.717, 1.165) is 16.7 Å². The molecule has 0 bridgehead atoms. The molecular weight excluding hydrogens is 332 g/mol. The summed E-state index contributed by atoms with van der Waals surface area (Å²) in [5.74, 6) is -0.420. The Bertz CT molecular complexity index is 828.